The first-order valence-electron chi connectivity index (χ1n) is 5.92. The van der Waals surface area contributed by atoms with Gasteiger partial charge in [-0.15, -0.1) is 0 Å². The fraction of sp³-hybridized carbons (Fsp3) is 0.0714. The molecule has 2 aromatic carbocycles. The van der Waals surface area contributed by atoms with E-state index in [9.17, 15) is 4.79 Å². The minimum atomic E-state index is -0.358. The van der Waals surface area contributed by atoms with Crippen molar-refractivity contribution in [1.82, 2.24) is 5.32 Å². The van der Waals surface area contributed by atoms with Crippen LogP contribution in [0.1, 0.15) is 0 Å². The molecule has 0 radical (unpaired) electrons. The van der Waals surface area contributed by atoms with Crippen LogP contribution in [0.3, 0.4) is 0 Å². The number of urea groups is 1. The predicted octanol–water partition coefficient (Wildman–Crippen LogP) is 3.08. The van der Waals surface area contributed by atoms with Crippen molar-refractivity contribution in [3.05, 3.63) is 53.6 Å². The number of hydrogen-bond donors (Lipinski definition) is 3. The Labute approximate surface area is 121 Å². The lowest BCUT2D eigenvalue weighted by atomic mass is 10.3. The second kappa shape index (κ2) is 6.68. The van der Waals surface area contributed by atoms with Crippen molar-refractivity contribution in [3.63, 3.8) is 0 Å². The van der Waals surface area contributed by atoms with Gasteiger partial charge in [0.2, 0.25) is 0 Å². The summed E-state index contributed by atoms with van der Waals surface area (Å²) in [5.41, 5.74) is 6.85. The number of halogens is 1. The summed E-state index contributed by atoms with van der Waals surface area (Å²) in [4.78, 5) is 11.6. The van der Waals surface area contributed by atoms with Gasteiger partial charge in [0, 0.05) is 16.4 Å². The molecule has 0 fully saturated rings. The van der Waals surface area contributed by atoms with Crippen LogP contribution in [0.25, 0.3) is 0 Å². The Hall–Kier alpha value is -2.40. The number of nitrogens with one attached hydrogen (secondary N) is 2. The van der Waals surface area contributed by atoms with Crippen molar-refractivity contribution in [3.8, 4) is 5.75 Å². The third-order valence-electron chi connectivity index (χ3n) is 2.45. The lowest BCUT2D eigenvalue weighted by Gasteiger charge is -2.09. The maximum absolute atomic E-state index is 11.6. The molecule has 0 heterocycles. The Morgan fingerprint density at radius 3 is 2.40 bits per heavy atom. The van der Waals surface area contributed by atoms with Crippen molar-refractivity contribution in [1.29, 1.82) is 0 Å². The number of anilines is 2. The normalized spacial score (nSPS) is 9.85. The highest BCUT2D eigenvalue weighted by Gasteiger charge is 2.01. The number of rotatable bonds is 4. The summed E-state index contributed by atoms with van der Waals surface area (Å²) in [5, 5.41) is 5.86. The Morgan fingerprint density at radius 2 is 1.75 bits per heavy atom. The molecule has 0 bridgehead atoms. The second-order valence-corrected chi connectivity index (χ2v) is 4.43. The van der Waals surface area contributed by atoms with E-state index in [1.807, 2.05) is 0 Å². The van der Waals surface area contributed by atoms with E-state index in [1.165, 1.54) is 0 Å². The molecular weight excluding hydrogens is 278 g/mol. The molecule has 0 aromatic heterocycles. The van der Waals surface area contributed by atoms with E-state index in [0.29, 0.717) is 22.1 Å². The summed E-state index contributed by atoms with van der Waals surface area (Å²) in [5.74, 6) is 0.627. The molecule has 6 heteroatoms. The van der Waals surface area contributed by atoms with E-state index in [4.69, 9.17) is 22.1 Å². The zero-order valence-electron chi connectivity index (χ0n) is 10.6. The molecular formula is C14H14ClN3O2. The molecule has 2 amide bonds. The van der Waals surface area contributed by atoms with Crippen LogP contribution in [0, 0.1) is 0 Å². The summed E-state index contributed by atoms with van der Waals surface area (Å²) in [7, 11) is 0. The highest BCUT2D eigenvalue weighted by atomic mass is 35.5. The van der Waals surface area contributed by atoms with Gasteiger partial charge in [-0.3, -0.25) is 0 Å². The van der Waals surface area contributed by atoms with Crippen molar-refractivity contribution in [2.24, 2.45) is 0 Å². The quantitative estimate of drug-likeness (QED) is 0.598. The Bertz CT molecular complexity index is 570. The summed E-state index contributed by atoms with van der Waals surface area (Å²) in [6.45, 7) is 0.0580. The topological polar surface area (TPSA) is 76.4 Å². The molecule has 0 saturated heterocycles. The van der Waals surface area contributed by atoms with Gasteiger partial charge in [-0.1, -0.05) is 11.6 Å². The van der Waals surface area contributed by atoms with Crippen LogP contribution < -0.4 is 21.1 Å². The van der Waals surface area contributed by atoms with Crippen LogP contribution in [0.2, 0.25) is 5.02 Å². The number of carbonyl (C=O) groups excluding carboxylic acids is 1. The summed E-state index contributed by atoms with van der Waals surface area (Å²) >= 11 is 5.75. The van der Waals surface area contributed by atoms with Gasteiger partial charge in [0.15, 0.2) is 6.73 Å². The summed E-state index contributed by atoms with van der Waals surface area (Å²) in [6, 6.07) is 13.4. The van der Waals surface area contributed by atoms with Gasteiger partial charge in [0.1, 0.15) is 5.75 Å². The maximum Gasteiger partial charge on any atom is 0.321 e. The monoisotopic (exact) mass is 291 g/mol. The average molecular weight is 292 g/mol. The van der Waals surface area contributed by atoms with Crippen LogP contribution in [-0.4, -0.2) is 12.8 Å². The third kappa shape index (κ3) is 4.37. The van der Waals surface area contributed by atoms with Crippen molar-refractivity contribution in [2.45, 2.75) is 0 Å². The van der Waals surface area contributed by atoms with Gasteiger partial charge in [0.05, 0.1) is 0 Å². The van der Waals surface area contributed by atoms with E-state index < -0.39 is 0 Å². The highest BCUT2D eigenvalue weighted by molar-refractivity contribution is 6.30. The number of carbonyl (C=O) groups is 1. The standard InChI is InChI=1S/C14H14ClN3O2/c15-10-1-7-13(8-2-10)20-9-17-14(19)18-12-5-3-11(16)4-6-12/h1-8H,9,16H2,(H2,17,18,19). The zero-order valence-corrected chi connectivity index (χ0v) is 11.4. The summed E-state index contributed by atoms with van der Waals surface area (Å²) in [6.07, 6.45) is 0. The molecule has 0 saturated carbocycles. The van der Waals surface area contributed by atoms with E-state index in [1.54, 1.807) is 48.5 Å². The molecule has 0 unspecified atom stereocenters. The van der Waals surface area contributed by atoms with Crippen LogP contribution in [-0.2, 0) is 0 Å². The van der Waals surface area contributed by atoms with E-state index in [-0.39, 0.29) is 12.8 Å². The second-order valence-electron chi connectivity index (χ2n) is 4.00. The number of ether oxygens (including phenoxy) is 1. The fourth-order valence-electron chi connectivity index (χ4n) is 1.46. The van der Waals surface area contributed by atoms with E-state index >= 15 is 0 Å². The van der Waals surface area contributed by atoms with Crippen LogP contribution in [0.5, 0.6) is 5.75 Å². The average Bonchev–Trinajstić information content (AvgIpc) is 2.44. The molecule has 0 aliphatic carbocycles. The molecule has 2 rings (SSSR count). The van der Waals surface area contributed by atoms with Gasteiger partial charge in [-0.25, -0.2) is 4.79 Å². The molecule has 0 atom stereocenters. The predicted molar refractivity (Wildman–Crippen MR) is 80.0 cm³/mol. The van der Waals surface area contributed by atoms with Crippen LogP contribution >= 0.6 is 11.6 Å². The third-order valence-corrected chi connectivity index (χ3v) is 2.71. The molecule has 104 valence electrons. The minimum Gasteiger partial charge on any atom is -0.473 e. The first kappa shape index (κ1) is 14.0. The number of nitrogens with two attached hydrogens (primary N) is 1. The Kier molecular flexibility index (Phi) is 4.68. The van der Waals surface area contributed by atoms with E-state index in [2.05, 4.69) is 10.6 Å². The van der Waals surface area contributed by atoms with Gasteiger partial charge >= 0.3 is 6.03 Å². The molecule has 0 spiro atoms. The molecule has 0 aliphatic rings. The van der Waals surface area contributed by atoms with Crippen LogP contribution in [0.4, 0.5) is 16.2 Å². The zero-order chi connectivity index (χ0) is 14.4. The van der Waals surface area contributed by atoms with Gasteiger partial charge < -0.3 is 21.1 Å². The van der Waals surface area contributed by atoms with Gasteiger partial charge in [-0.05, 0) is 48.5 Å². The number of hydrogen-bond acceptors (Lipinski definition) is 3. The smallest absolute Gasteiger partial charge is 0.321 e. The largest absolute Gasteiger partial charge is 0.473 e. The minimum absolute atomic E-state index is 0.0580. The number of benzene rings is 2. The van der Waals surface area contributed by atoms with Crippen molar-refractivity contribution in [2.75, 3.05) is 17.8 Å². The lowest BCUT2D eigenvalue weighted by Crippen LogP contribution is -2.31. The number of nitrogen functional groups attached to an aromatic ring is 1. The lowest BCUT2D eigenvalue weighted by molar-refractivity contribution is 0.234. The van der Waals surface area contributed by atoms with E-state index in [0.717, 1.165) is 0 Å². The maximum atomic E-state index is 11.6. The van der Waals surface area contributed by atoms with Gasteiger partial charge in [0.25, 0.3) is 0 Å². The van der Waals surface area contributed by atoms with Crippen molar-refractivity contribution >= 4 is 29.0 Å². The SMILES string of the molecule is Nc1ccc(NC(=O)NCOc2ccc(Cl)cc2)cc1. The molecule has 20 heavy (non-hydrogen) atoms. The highest BCUT2D eigenvalue weighted by Crippen LogP contribution is 2.15. The van der Waals surface area contributed by atoms with Crippen molar-refractivity contribution < 1.29 is 9.53 Å². The molecule has 5 nitrogen and oxygen atoms in total. The first-order valence-corrected chi connectivity index (χ1v) is 6.30. The number of amides is 2. The molecule has 4 N–H and O–H groups in total. The molecule has 2 aromatic rings. The summed E-state index contributed by atoms with van der Waals surface area (Å²) < 4.78 is 5.34. The Balaban J connectivity index is 1.75. The first-order chi connectivity index (χ1) is 9.63. The van der Waals surface area contributed by atoms with Gasteiger partial charge in [-0.2, -0.15) is 0 Å². The fourth-order valence-corrected chi connectivity index (χ4v) is 1.58. The molecule has 0 aliphatic heterocycles. The van der Waals surface area contributed by atoms with Crippen LogP contribution in [0.15, 0.2) is 48.5 Å². The Morgan fingerprint density at radius 1 is 1.10 bits per heavy atom.